The van der Waals surface area contributed by atoms with Gasteiger partial charge < -0.3 is 11.1 Å². The summed E-state index contributed by atoms with van der Waals surface area (Å²) in [6, 6.07) is 2.04. The first-order valence-corrected chi connectivity index (χ1v) is 5.34. The number of nitrogens with zero attached hydrogens (tertiary/aromatic N) is 2. The van der Waals surface area contributed by atoms with Gasteiger partial charge in [-0.1, -0.05) is 0 Å². The first-order valence-electron chi connectivity index (χ1n) is 4.55. The molecule has 1 aromatic carbocycles. The van der Waals surface area contributed by atoms with Crippen molar-refractivity contribution in [1.29, 1.82) is 0 Å². The van der Waals surface area contributed by atoms with Crippen LogP contribution in [-0.4, -0.2) is 9.97 Å². The maximum Gasteiger partial charge on any atom is 0.151 e. The van der Waals surface area contributed by atoms with Crippen LogP contribution < -0.4 is 11.1 Å². The highest BCUT2D eigenvalue weighted by molar-refractivity contribution is 9.10. The third-order valence-electron chi connectivity index (χ3n) is 1.93. The number of nitrogens with one attached hydrogen (secondary N) is 1. The van der Waals surface area contributed by atoms with Gasteiger partial charge in [-0.3, -0.25) is 4.98 Å². The van der Waals surface area contributed by atoms with Crippen LogP contribution in [0.1, 0.15) is 0 Å². The van der Waals surface area contributed by atoms with Crippen molar-refractivity contribution in [3.05, 3.63) is 40.6 Å². The summed E-state index contributed by atoms with van der Waals surface area (Å²) in [5, 5.41) is 2.59. The van der Waals surface area contributed by atoms with E-state index in [1.807, 2.05) is 0 Å². The number of aromatic nitrogens is 2. The van der Waals surface area contributed by atoms with Crippen LogP contribution in [0.2, 0.25) is 0 Å². The molecule has 2 rings (SSSR count). The van der Waals surface area contributed by atoms with E-state index in [0.29, 0.717) is 0 Å². The second-order valence-electron chi connectivity index (χ2n) is 3.20. The highest BCUT2D eigenvalue weighted by Gasteiger charge is 2.09. The van der Waals surface area contributed by atoms with Crippen LogP contribution in [-0.2, 0) is 0 Å². The molecular formula is C10H7BrF2N4. The predicted octanol–water partition coefficient (Wildman–Crippen LogP) is 2.84. The molecule has 1 aromatic heterocycles. The molecular weight excluding hydrogens is 294 g/mol. The van der Waals surface area contributed by atoms with Gasteiger partial charge in [-0.15, -0.1) is 0 Å². The van der Waals surface area contributed by atoms with Crippen LogP contribution in [0.15, 0.2) is 29.0 Å². The maximum absolute atomic E-state index is 13.5. The average Bonchev–Trinajstić information content (AvgIpc) is 2.26. The molecule has 17 heavy (non-hydrogen) atoms. The number of benzene rings is 1. The second-order valence-corrected chi connectivity index (χ2v) is 4.05. The van der Waals surface area contributed by atoms with Gasteiger partial charge in [-0.25, -0.2) is 13.8 Å². The number of hydrogen-bond donors (Lipinski definition) is 2. The normalized spacial score (nSPS) is 10.3. The lowest BCUT2D eigenvalue weighted by molar-refractivity contribution is 0.597. The van der Waals surface area contributed by atoms with Gasteiger partial charge in [0.25, 0.3) is 0 Å². The van der Waals surface area contributed by atoms with Crippen LogP contribution >= 0.6 is 15.9 Å². The molecule has 88 valence electrons. The Hall–Kier alpha value is -1.76. The molecule has 0 atom stereocenters. The average molecular weight is 301 g/mol. The molecule has 0 saturated carbocycles. The first kappa shape index (κ1) is 11.7. The summed E-state index contributed by atoms with van der Waals surface area (Å²) in [7, 11) is 0. The van der Waals surface area contributed by atoms with E-state index >= 15 is 0 Å². The molecule has 4 nitrogen and oxygen atoms in total. The third-order valence-corrected chi connectivity index (χ3v) is 2.53. The van der Waals surface area contributed by atoms with Gasteiger partial charge in [0.15, 0.2) is 5.82 Å². The van der Waals surface area contributed by atoms with E-state index in [2.05, 4.69) is 31.2 Å². The van der Waals surface area contributed by atoms with Crippen LogP contribution in [0.3, 0.4) is 0 Å². The molecule has 0 aliphatic rings. The minimum absolute atomic E-state index is 0.0365. The van der Waals surface area contributed by atoms with E-state index in [1.54, 1.807) is 0 Å². The van der Waals surface area contributed by atoms with Crippen molar-refractivity contribution in [2.75, 3.05) is 11.1 Å². The molecule has 0 radical (unpaired) electrons. The van der Waals surface area contributed by atoms with E-state index in [4.69, 9.17) is 5.73 Å². The zero-order chi connectivity index (χ0) is 12.4. The fourth-order valence-corrected chi connectivity index (χ4v) is 1.51. The Morgan fingerprint density at radius 1 is 1.18 bits per heavy atom. The van der Waals surface area contributed by atoms with Crippen LogP contribution in [0.4, 0.5) is 26.1 Å². The minimum Gasteiger partial charge on any atom is -0.382 e. The fourth-order valence-electron chi connectivity index (χ4n) is 1.20. The number of nitrogens with two attached hydrogens (primary N) is 1. The lowest BCUT2D eigenvalue weighted by Crippen LogP contribution is -2.00. The summed E-state index contributed by atoms with van der Waals surface area (Å²) in [6.45, 7) is 0. The van der Waals surface area contributed by atoms with E-state index in [1.165, 1.54) is 12.4 Å². The molecule has 0 aliphatic heterocycles. The lowest BCUT2D eigenvalue weighted by Gasteiger charge is -2.07. The van der Waals surface area contributed by atoms with E-state index in [0.717, 1.165) is 12.1 Å². The molecule has 2 aromatic rings. The van der Waals surface area contributed by atoms with Crippen molar-refractivity contribution in [1.82, 2.24) is 9.97 Å². The highest BCUT2D eigenvalue weighted by Crippen LogP contribution is 2.25. The number of nitrogen functional groups attached to an aromatic ring is 1. The van der Waals surface area contributed by atoms with Crippen molar-refractivity contribution < 1.29 is 8.78 Å². The molecule has 0 bridgehead atoms. The molecule has 0 spiro atoms. The number of rotatable bonds is 2. The predicted molar refractivity (Wildman–Crippen MR) is 63.8 cm³/mol. The van der Waals surface area contributed by atoms with Crippen LogP contribution in [0.25, 0.3) is 0 Å². The van der Waals surface area contributed by atoms with Crippen molar-refractivity contribution >= 4 is 33.3 Å². The van der Waals surface area contributed by atoms with Crippen LogP contribution in [0, 0.1) is 11.6 Å². The van der Waals surface area contributed by atoms with Gasteiger partial charge in [0.2, 0.25) is 0 Å². The highest BCUT2D eigenvalue weighted by atomic mass is 79.9. The molecule has 0 unspecified atom stereocenters. The van der Waals surface area contributed by atoms with Gasteiger partial charge in [-0.2, -0.15) is 0 Å². The Labute approximate surface area is 104 Å². The molecule has 0 fully saturated rings. The molecule has 7 heteroatoms. The minimum atomic E-state index is -0.609. The largest absolute Gasteiger partial charge is 0.382 e. The standard InChI is InChI=1S/C10H7BrF2N4/c11-5-1-7(13)8(2-6(5)12)16-10-4-15-3-9(14)17-10/h1-4H,(H3,14,16,17). The van der Waals surface area contributed by atoms with E-state index in [9.17, 15) is 8.78 Å². The van der Waals surface area contributed by atoms with Crippen molar-refractivity contribution in [2.24, 2.45) is 0 Å². The smallest absolute Gasteiger partial charge is 0.151 e. The van der Waals surface area contributed by atoms with Crippen molar-refractivity contribution in [3.8, 4) is 0 Å². The monoisotopic (exact) mass is 300 g/mol. The summed E-state index contributed by atoms with van der Waals surface area (Å²) in [5.41, 5.74) is 5.38. The van der Waals surface area contributed by atoms with Gasteiger partial charge in [0.05, 0.1) is 22.6 Å². The first-order chi connectivity index (χ1) is 8.06. The number of anilines is 3. The Morgan fingerprint density at radius 3 is 2.65 bits per heavy atom. The SMILES string of the molecule is Nc1cncc(Nc2cc(F)c(Br)cc2F)n1. The summed E-state index contributed by atoms with van der Waals surface area (Å²) in [6.07, 6.45) is 2.71. The summed E-state index contributed by atoms with van der Waals surface area (Å²) in [5.74, 6) is -0.758. The van der Waals surface area contributed by atoms with Crippen LogP contribution in [0.5, 0.6) is 0 Å². The molecule has 0 saturated heterocycles. The lowest BCUT2D eigenvalue weighted by atomic mass is 10.3. The summed E-state index contributed by atoms with van der Waals surface area (Å²) in [4.78, 5) is 7.64. The van der Waals surface area contributed by atoms with E-state index < -0.39 is 11.6 Å². The summed E-state index contributed by atoms with van der Waals surface area (Å²) < 4.78 is 26.8. The number of hydrogen-bond acceptors (Lipinski definition) is 4. The zero-order valence-electron chi connectivity index (χ0n) is 8.42. The molecule has 3 N–H and O–H groups in total. The van der Waals surface area contributed by atoms with Gasteiger partial charge in [0.1, 0.15) is 17.5 Å². The van der Waals surface area contributed by atoms with Gasteiger partial charge in [-0.05, 0) is 22.0 Å². The number of halogens is 3. The van der Waals surface area contributed by atoms with Gasteiger partial charge >= 0.3 is 0 Å². The molecule has 1 heterocycles. The Morgan fingerprint density at radius 2 is 1.94 bits per heavy atom. The Bertz CT molecular complexity index is 562. The Balaban J connectivity index is 2.33. The third kappa shape index (κ3) is 2.68. The van der Waals surface area contributed by atoms with E-state index in [-0.39, 0.29) is 21.8 Å². The summed E-state index contributed by atoms with van der Waals surface area (Å²) >= 11 is 2.89. The topological polar surface area (TPSA) is 63.8 Å². The fraction of sp³-hybridized carbons (Fsp3) is 0. The maximum atomic E-state index is 13.5. The quantitative estimate of drug-likeness (QED) is 0.837. The van der Waals surface area contributed by atoms with Gasteiger partial charge in [0, 0.05) is 6.07 Å². The van der Waals surface area contributed by atoms with Crippen molar-refractivity contribution in [3.63, 3.8) is 0 Å². The van der Waals surface area contributed by atoms with Crippen molar-refractivity contribution in [2.45, 2.75) is 0 Å². The molecule has 0 amide bonds. The second kappa shape index (κ2) is 4.62. The molecule has 0 aliphatic carbocycles. The Kier molecular flexibility index (Phi) is 3.19. The zero-order valence-corrected chi connectivity index (χ0v) is 10.0.